The summed E-state index contributed by atoms with van der Waals surface area (Å²) in [7, 11) is 0. The molecule has 0 unspecified atom stereocenters. The lowest BCUT2D eigenvalue weighted by atomic mass is 10.1. The number of nitrogens with zero attached hydrogens (tertiary/aromatic N) is 3. The van der Waals surface area contributed by atoms with Crippen molar-refractivity contribution >= 4 is 23.2 Å². The second-order valence-electron chi connectivity index (χ2n) is 8.40. The van der Waals surface area contributed by atoms with Crippen molar-refractivity contribution in [1.29, 1.82) is 0 Å². The van der Waals surface area contributed by atoms with Gasteiger partial charge in [0, 0.05) is 17.9 Å². The third-order valence-electron chi connectivity index (χ3n) is 5.65. The Kier molecular flexibility index (Phi) is 7.26. The Morgan fingerprint density at radius 2 is 2.22 bits per heavy atom. The number of aryl methyl sites for hydroxylation is 1. The summed E-state index contributed by atoms with van der Waals surface area (Å²) in [5, 5.41) is 6.09. The molecule has 170 valence electrons. The minimum absolute atomic E-state index is 0.0809. The first-order valence-corrected chi connectivity index (χ1v) is 11.4. The lowest BCUT2D eigenvalue weighted by Gasteiger charge is -2.16. The fraction of sp³-hybridized carbons (Fsp3) is 0.478. The topological polar surface area (TPSA) is 79.4 Å². The van der Waals surface area contributed by atoms with Crippen molar-refractivity contribution in [3.05, 3.63) is 53.4 Å². The SMILES string of the molecule is C[C@@H](NCCCc1ccnc(CN2CC(=S)NC2=O)n1)c1ccc(F)c(OCC2CC2)c1. The summed E-state index contributed by atoms with van der Waals surface area (Å²) in [5.74, 6) is 1.22. The van der Waals surface area contributed by atoms with E-state index in [1.54, 1.807) is 23.2 Å². The molecule has 32 heavy (non-hydrogen) atoms. The van der Waals surface area contributed by atoms with E-state index in [4.69, 9.17) is 17.0 Å². The zero-order valence-electron chi connectivity index (χ0n) is 18.1. The molecule has 1 saturated carbocycles. The molecule has 9 heteroatoms. The van der Waals surface area contributed by atoms with E-state index < -0.39 is 0 Å². The van der Waals surface area contributed by atoms with Crippen molar-refractivity contribution in [3.8, 4) is 5.75 Å². The maximum absolute atomic E-state index is 14.0. The summed E-state index contributed by atoms with van der Waals surface area (Å²) in [5.41, 5.74) is 1.94. The Morgan fingerprint density at radius 3 is 2.97 bits per heavy atom. The number of carbonyl (C=O) groups excluding carboxylic acids is 1. The van der Waals surface area contributed by atoms with Crippen LogP contribution in [-0.4, -0.2) is 45.6 Å². The van der Waals surface area contributed by atoms with Crippen molar-refractivity contribution in [3.63, 3.8) is 0 Å². The molecule has 1 aromatic heterocycles. The molecule has 0 spiro atoms. The lowest BCUT2D eigenvalue weighted by Crippen LogP contribution is -2.28. The van der Waals surface area contributed by atoms with Gasteiger partial charge in [0.05, 0.1) is 19.7 Å². The second kappa shape index (κ2) is 10.3. The van der Waals surface area contributed by atoms with Gasteiger partial charge in [-0.25, -0.2) is 19.2 Å². The minimum Gasteiger partial charge on any atom is -0.490 e. The molecule has 1 aromatic carbocycles. The van der Waals surface area contributed by atoms with E-state index in [1.807, 2.05) is 6.07 Å². The molecule has 2 N–H and O–H groups in total. The molecule has 2 amide bonds. The standard InChI is InChI=1S/C23H28FN5O2S/c1-15(17-6-7-19(24)20(11-17)31-14-16-4-5-16)25-9-2-3-18-8-10-26-21(27-18)12-29-13-22(32)28-23(29)30/h6-8,10-11,15-16,25H,2-5,9,12-14H2,1H3,(H,28,30,32)/t15-/m1/s1. The third kappa shape index (κ3) is 6.20. The number of halogens is 1. The van der Waals surface area contributed by atoms with Crippen LogP contribution >= 0.6 is 12.2 Å². The minimum atomic E-state index is -0.311. The quantitative estimate of drug-likeness (QED) is 0.397. The van der Waals surface area contributed by atoms with E-state index >= 15 is 0 Å². The number of ether oxygens (including phenoxy) is 1. The van der Waals surface area contributed by atoms with Crippen LogP contribution < -0.4 is 15.4 Å². The highest BCUT2D eigenvalue weighted by Gasteiger charge is 2.25. The predicted molar refractivity (Wildman–Crippen MR) is 123 cm³/mol. The first kappa shape index (κ1) is 22.5. The highest BCUT2D eigenvalue weighted by atomic mass is 32.1. The van der Waals surface area contributed by atoms with Crippen LogP contribution in [0.15, 0.2) is 30.5 Å². The van der Waals surface area contributed by atoms with Crippen LogP contribution in [0.2, 0.25) is 0 Å². The molecule has 1 aliphatic carbocycles. The molecule has 2 heterocycles. The van der Waals surface area contributed by atoms with Crippen molar-refractivity contribution in [2.75, 3.05) is 19.7 Å². The molecular weight excluding hydrogens is 429 g/mol. The monoisotopic (exact) mass is 457 g/mol. The van der Waals surface area contributed by atoms with Crippen LogP contribution in [0.3, 0.4) is 0 Å². The number of thiocarbonyl (C=S) groups is 1. The van der Waals surface area contributed by atoms with Gasteiger partial charge in [0.25, 0.3) is 0 Å². The van der Waals surface area contributed by atoms with Crippen LogP contribution in [0.4, 0.5) is 9.18 Å². The highest BCUT2D eigenvalue weighted by molar-refractivity contribution is 7.80. The van der Waals surface area contributed by atoms with Gasteiger partial charge in [0.2, 0.25) is 0 Å². The van der Waals surface area contributed by atoms with Crippen LogP contribution in [0, 0.1) is 11.7 Å². The molecular formula is C23H28FN5O2S. The van der Waals surface area contributed by atoms with Crippen LogP contribution in [0.1, 0.15) is 49.3 Å². The van der Waals surface area contributed by atoms with Crippen molar-refractivity contribution in [2.45, 2.75) is 45.2 Å². The number of aromatic nitrogens is 2. The molecule has 1 aliphatic heterocycles. The first-order chi connectivity index (χ1) is 15.5. The average Bonchev–Trinajstić information content (AvgIpc) is 3.55. The van der Waals surface area contributed by atoms with E-state index in [-0.39, 0.29) is 17.9 Å². The van der Waals surface area contributed by atoms with E-state index in [9.17, 15) is 9.18 Å². The number of carbonyl (C=O) groups is 1. The number of hydrogen-bond acceptors (Lipinski definition) is 6. The molecule has 2 aliphatic rings. The largest absolute Gasteiger partial charge is 0.490 e. The Labute approximate surface area is 192 Å². The summed E-state index contributed by atoms with van der Waals surface area (Å²) >= 11 is 5.03. The summed E-state index contributed by atoms with van der Waals surface area (Å²) < 4.78 is 19.7. The Balaban J connectivity index is 1.23. The fourth-order valence-electron chi connectivity index (χ4n) is 3.54. The Morgan fingerprint density at radius 1 is 1.38 bits per heavy atom. The Bertz CT molecular complexity index is 985. The second-order valence-corrected chi connectivity index (χ2v) is 8.89. The van der Waals surface area contributed by atoms with Gasteiger partial charge in [0.1, 0.15) is 10.8 Å². The molecule has 0 radical (unpaired) electrons. The molecule has 2 aromatic rings. The summed E-state index contributed by atoms with van der Waals surface area (Å²) in [4.78, 5) is 22.8. The van der Waals surface area contributed by atoms with Gasteiger partial charge in [-0.15, -0.1) is 0 Å². The number of benzene rings is 1. The van der Waals surface area contributed by atoms with Crippen LogP contribution in [0.25, 0.3) is 0 Å². The zero-order chi connectivity index (χ0) is 22.5. The van der Waals surface area contributed by atoms with Crippen molar-refractivity contribution in [1.82, 2.24) is 25.5 Å². The molecule has 1 atom stereocenters. The van der Waals surface area contributed by atoms with Gasteiger partial charge in [-0.05, 0) is 68.8 Å². The maximum Gasteiger partial charge on any atom is 0.323 e. The van der Waals surface area contributed by atoms with Gasteiger partial charge in [0.15, 0.2) is 11.6 Å². The summed E-state index contributed by atoms with van der Waals surface area (Å²) in [6.07, 6.45) is 5.76. The third-order valence-corrected chi connectivity index (χ3v) is 5.88. The maximum atomic E-state index is 14.0. The normalized spacial score (nSPS) is 16.9. The van der Waals surface area contributed by atoms with Gasteiger partial charge in [-0.1, -0.05) is 18.3 Å². The zero-order valence-corrected chi connectivity index (χ0v) is 19.0. The Hall–Kier alpha value is -2.65. The van der Waals surface area contributed by atoms with Crippen LogP contribution in [-0.2, 0) is 13.0 Å². The van der Waals surface area contributed by atoms with E-state index in [0.29, 0.717) is 42.2 Å². The molecule has 4 rings (SSSR count). The summed E-state index contributed by atoms with van der Waals surface area (Å²) in [6.45, 7) is 4.19. The van der Waals surface area contributed by atoms with Gasteiger partial charge in [-0.2, -0.15) is 0 Å². The van der Waals surface area contributed by atoms with Gasteiger partial charge >= 0.3 is 6.03 Å². The number of nitrogens with one attached hydrogen (secondary N) is 2. The smallest absolute Gasteiger partial charge is 0.323 e. The van der Waals surface area contributed by atoms with Gasteiger partial charge in [-0.3, -0.25) is 0 Å². The number of urea groups is 1. The van der Waals surface area contributed by atoms with E-state index in [2.05, 4.69) is 27.5 Å². The number of rotatable bonds is 11. The predicted octanol–water partition coefficient (Wildman–Crippen LogP) is 3.54. The molecule has 0 bridgehead atoms. The van der Waals surface area contributed by atoms with E-state index in [1.165, 1.54) is 18.9 Å². The summed E-state index contributed by atoms with van der Waals surface area (Å²) in [6, 6.07) is 6.85. The molecule has 7 nitrogen and oxygen atoms in total. The lowest BCUT2D eigenvalue weighted by molar-refractivity contribution is 0.214. The molecule has 1 saturated heterocycles. The average molecular weight is 458 g/mol. The highest BCUT2D eigenvalue weighted by Crippen LogP contribution is 2.31. The van der Waals surface area contributed by atoms with Crippen LogP contribution in [0.5, 0.6) is 5.75 Å². The first-order valence-electron chi connectivity index (χ1n) is 11.0. The number of amides is 2. The fourth-order valence-corrected chi connectivity index (χ4v) is 3.78. The number of hydrogen-bond donors (Lipinski definition) is 2. The van der Waals surface area contributed by atoms with E-state index in [0.717, 1.165) is 30.6 Å². The van der Waals surface area contributed by atoms with Crippen molar-refractivity contribution < 1.29 is 13.9 Å². The van der Waals surface area contributed by atoms with Crippen molar-refractivity contribution in [2.24, 2.45) is 5.92 Å². The molecule has 2 fully saturated rings. The van der Waals surface area contributed by atoms with Gasteiger partial charge < -0.3 is 20.3 Å².